The zero-order valence-corrected chi connectivity index (χ0v) is 9.00. The van der Waals surface area contributed by atoms with Crippen LogP contribution < -0.4 is 0 Å². The second-order valence-electron chi connectivity index (χ2n) is 2.12. The Morgan fingerprint density at radius 1 is 1.31 bits per heavy atom. The lowest BCUT2D eigenvalue weighted by atomic mass is 10.4. The van der Waals surface area contributed by atoms with Gasteiger partial charge in [-0.1, -0.05) is 31.2 Å². The van der Waals surface area contributed by atoms with Gasteiger partial charge in [-0.05, 0) is 0 Å². The van der Waals surface area contributed by atoms with Crippen LogP contribution in [-0.2, 0) is 13.8 Å². The molecule has 1 unspecified atom stereocenters. The fourth-order valence-corrected chi connectivity index (χ4v) is 0.371. The summed E-state index contributed by atoms with van der Waals surface area (Å²) in [5.41, 5.74) is 0. The Balaban J connectivity index is 0. The molecule has 0 fully saturated rings. The van der Waals surface area contributed by atoms with Crippen LogP contribution in [0.15, 0.2) is 0 Å². The summed E-state index contributed by atoms with van der Waals surface area (Å²) in [6, 6.07) is 0. The average Bonchev–Trinajstić information content (AvgIpc) is 2.13. The van der Waals surface area contributed by atoms with Gasteiger partial charge in [0.15, 0.2) is 0 Å². The van der Waals surface area contributed by atoms with Crippen molar-refractivity contribution in [3.05, 3.63) is 0 Å². The Kier molecular flexibility index (Phi) is 17.1. The van der Waals surface area contributed by atoms with E-state index in [0.29, 0.717) is 0 Å². The van der Waals surface area contributed by atoms with Gasteiger partial charge in [0.2, 0.25) is 6.79 Å². The van der Waals surface area contributed by atoms with Gasteiger partial charge in [0.05, 0.1) is 13.2 Å². The van der Waals surface area contributed by atoms with Crippen LogP contribution in [0.4, 0.5) is 0 Å². The van der Waals surface area contributed by atoms with Crippen LogP contribution in [0.1, 0.15) is 26.7 Å². The van der Waals surface area contributed by atoms with E-state index >= 15 is 0 Å². The normalized spacial score (nSPS) is 10.3. The van der Waals surface area contributed by atoms with Crippen molar-refractivity contribution in [2.75, 3.05) is 20.0 Å². The molecule has 6 heteroatoms. The van der Waals surface area contributed by atoms with Crippen LogP contribution in [-0.4, -0.2) is 30.0 Å². The molecule has 0 aromatic heterocycles. The second-order valence-corrected chi connectivity index (χ2v) is 2.85. The van der Waals surface area contributed by atoms with Crippen molar-refractivity contribution in [2.24, 2.45) is 0 Å². The Bertz CT molecular complexity index is 107. The highest BCUT2D eigenvalue weighted by atomic mass is 31.1. The third kappa shape index (κ3) is 24.5. The molecule has 0 radical (unpaired) electrons. The van der Waals surface area contributed by atoms with Gasteiger partial charge in [-0.15, -0.1) is 4.89 Å². The second kappa shape index (κ2) is 14.5. The first-order chi connectivity index (χ1) is 6.18. The molecular weight excluding hydrogens is 195 g/mol. The number of unbranched alkanes of at least 4 members (excludes halogenated alkanes) is 1. The van der Waals surface area contributed by atoms with Crippen molar-refractivity contribution in [1.82, 2.24) is 0 Å². The smallest absolute Gasteiger partial charge is 0.394 e. The van der Waals surface area contributed by atoms with Crippen molar-refractivity contribution >= 4 is 8.25 Å². The number of rotatable bonds is 6. The highest BCUT2D eigenvalue weighted by molar-refractivity contribution is 7.32. The summed E-state index contributed by atoms with van der Waals surface area (Å²) in [5.74, 6) is 0. The minimum absolute atomic E-state index is 0.114. The third-order valence-electron chi connectivity index (χ3n) is 0.982. The molecule has 0 saturated heterocycles. The predicted molar refractivity (Wildman–Crippen MR) is 49.4 cm³/mol. The summed E-state index contributed by atoms with van der Waals surface area (Å²) in [5, 5.41) is 8.12. The quantitative estimate of drug-likeness (QED) is 0.396. The van der Waals surface area contributed by atoms with Gasteiger partial charge in [0, 0.05) is 4.57 Å². The molecule has 0 aliphatic rings. The van der Waals surface area contributed by atoms with E-state index in [9.17, 15) is 4.57 Å². The van der Waals surface area contributed by atoms with Crippen LogP contribution in [0.25, 0.3) is 0 Å². The zero-order valence-electron chi connectivity index (χ0n) is 8.10. The third-order valence-corrected chi connectivity index (χ3v) is 1.31. The van der Waals surface area contributed by atoms with E-state index in [0.717, 1.165) is 0 Å². The summed E-state index contributed by atoms with van der Waals surface area (Å²) >= 11 is 0. The molecule has 0 rings (SSSR count). The first-order valence-corrected chi connectivity index (χ1v) is 5.29. The minimum atomic E-state index is -2.57. The SMILES string of the molecule is CCCC.O=[P+](O)OCOCCO. The number of hydrogen-bond donors (Lipinski definition) is 2. The first-order valence-electron chi connectivity index (χ1n) is 4.16. The van der Waals surface area contributed by atoms with Crippen LogP contribution in [0.3, 0.4) is 0 Å². The molecule has 0 spiro atoms. The molecule has 0 saturated carbocycles. The van der Waals surface area contributed by atoms with Gasteiger partial charge in [-0.25, -0.2) is 0 Å². The molecule has 1 atom stereocenters. The summed E-state index contributed by atoms with van der Waals surface area (Å²) in [6.45, 7) is 4.10. The standard InChI is InChI=1S/C4H10.C3H7O5P/c1-3-4-2;4-1-2-7-3-8-9(5)6/h3-4H2,1-2H3;4H,1-3H2/p+1. The fourth-order valence-electron chi connectivity index (χ4n) is 0.206. The Hall–Kier alpha value is -0.0600. The van der Waals surface area contributed by atoms with Crippen LogP contribution in [0, 0.1) is 0 Å². The topological polar surface area (TPSA) is 76.0 Å². The minimum Gasteiger partial charge on any atom is -0.394 e. The van der Waals surface area contributed by atoms with Gasteiger partial charge >= 0.3 is 8.25 Å². The largest absolute Gasteiger partial charge is 0.697 e. The number of ether oxygens (including phenoxy) is 1. The maximum atomic E-state index is 9.75. The van der Waals surface area contributed by atoms with Crippen molar-refractivity contribution in [2.45, 2.75) is 26.7 Å². The van der Waals surface area contributed by atoms with Crippen molar-refractivity contribution in [3.8, 4) is 0 Å². The van der Waals surface area contributed by atoms with Crippen LogP contribution in [0.2, 0.25) is 0 Å². The molecule has 0 heterocycles. The molecule has 5 nitrogen and oxygen atoms in total. The summed E-state index contributed by atoms with van der Waals surface area (Å²) < 4.78 is 18.3. The number of aliphatic hydroxyl groups excluding tert-OH is 1. The molecule has 13 heavy (non-hydrogen) atoms. The highest BCUT2D eigenvalue weighted by Crippen LogP contribution is 2.12. The lowest BCUT2D eigenvalue weighted by Gasteiger charge is -1.91. The molecule has 0 amide bonds. The molecule has 0 aliphatic carbocycles. The average molecular weight is 213 g/mol. The summed E-state index contributed by atoms with van der Waals surface area (Å²) in [6.07, 6.45) is 2.64. The predicted octanol–water partition coefficient (Wildman–Crippen LogP) is 1.43. The van der Waals surface area contributed by atoms with Crippen LogP contribution in [0.5, 0.6) is 0 Å². The molecular formula is C7H18O5P+. The first kappa shape index (κ1) is 15.4. The van der Waals surface area contributed by atoms with Crippen molar-refractivity contribution in [3.63, 3.8) is 0 Å². The van der Waals surface area contributed by atoms with Crippen molar-refractivity contribution in [1.29, 1.82) is 0 Å². The van der Waals surface area contributed by atoms with Gasteiger partial charge in [-0.3, -0.25) is 0 Å². The van der Waals surface area contributed by atoms with Gasteiger partial charge < -0.3 is 9.84 Å². The molecule has 2 N–H and O–H groups in total. The van der Waals surface area contributed by atoms with Gasteiger partial charge in [-0.2, -0.15) is 0 Å². The Morgan fingerprint density at radius 3 is 2.15 bits per heavy atom. The lowest BCUT2D eigenvalue weighted by molar-refractivity contribution is -0.00212. The van der Waals surface area contributed by atoms with Gasteiger partial charge in [0.25, 0.3) is 0 Å². The van der Waals surface area contributed by atoms with E-state index < -0.39 is 8.25 Å². The van der Waals surface area contributed by atoms with E-state index in [4.69, 9.17) is 10.00 Å². The maximum absolute atomic E-state index is 9.75. The number of aliphatic hydroxyl groups is 1. The Labute approximate surface area is 79.6 Å². The van der Waals surface area contributed by atoms with Crippen LogP contribution >= 0.6 is 8.25 Å². The van der Waals surface area contributed by atoms with E-state index in [1.54, 1.807) is 0 Å². The fraction of sp³-hybridized carbons (Fsp3) is 1.00. The Morgan fingerprint density at radius 2 is 1.85 bits per heavy atom. The molecule has 0 aromatic rings. The summed E-state index contributed by atoms with van der Waals surface area (Å²) in [7, 11) is -2.57. The molecule has 0 aliphatic heterocycles. The highest BCUT2D eigenvalue weighted by Gasteiger charge is 2.09. The zero-order chi connectivity index (χ0) is 10.5. The van der Waals surface area contributed by atoms with E-state index in [1.807, 2.05) is 0 Å². The van der Waals surface area contributed by atoms with E-state index in [1.165, 1.54) is 12.8 Å². The van der Waals surface area contributed by atoms with E-state index in [2.05, 4.69) is 23.1 Å². The molecule has 80 valence electrons. The summed E-state index contributed by atoms with van der Waals surface area (Å²) in [4.78, 5) is 8.00. The maximum Gasteiger partial charge on any atom is 0.697 e. The molecule has 0 aromatic carbocycles. The number of hydrogen-bond acceptors (Lipinski definition) is 4. The molecule has 0 bridgehead atoms. The van der Waals surface area contributed by atoms with E-state index in [-0.39, 0.29) is 20.0 Å². The van der Waals surface area contributed by atoms with Gasteiger partial charge in [0.1, 0.15) is 0 Å². The lowest BCUT2D eigenvalue weighted by Crippen LogP contribution is -2.00. The monoisotopic (exact) mass is 213 g/mol. The van der Waals surface area contributed by atoms with Crippen molar-refractivity contribution < 1.29 is 23.8 Å².